The van der Waals surface area contributed by atoms with Gasteiger partial charge < -0.3 is 4.72 Å². The van der Waals surface area contributed by atoms with E-state index in [1.54, 1.807) is 12.3 Å². The summed E-state index contributed by atoms with van der Waals surface area (Å²) in [5.41, 5.74) is 2.38. The standard InChI is InChI=1S/C8H9N2O2S.Rb/c1-6-7-3-5-13(11,12)10-8(7)2-4-9-6;/h2,4H,3,5H2,1H3;/q-1;+1. The van der Waals surface area contributed by atoms with Crippen LogP contribution in [0.2, 0.25) is 0 Å². The van der Waals surface area contributed by atoms with Gasteiger partial charge in [0.05, 0.1) is 10.0 Å². The van der Waals surface area contributed by atoms with Crippen LogP contribution in [-0.4, -0.2) is 19.2 Å². The van der Waals surface area contributed by atoms with Crippen LogP contribution in [0.1, 0.15) is 11.3 Å². The number of aromatic nitrogens is 1. The van der Waals surface area contributed by atoms with E-state index in [-0.39, 0.29) is 63.9 Å². The van der Waals surface area contributed by atoms with Crippen LogP contribution in [-0.2, 0) is 16.4 Å². The third kappa shape index (κ3) is 2.63. The van der Waals surface area contributed by atoms with Crippen LogP contribution >= 0.6 is 0 Å². The fourth-order valence-corrected chi connectivity index (χ4v) is 2.43. The average Bonchev–Trinajstić information content (AvgIpc) is 2.02. The van der Waals surface area contributed by atoms with Gasteiger partial charge in [0.15, 0.2) is 0 Å². The molecule has 1 aliphatic rings. The molecule has 0 N–H and O–H groups in total. The third-order valence-electron chi connectivity index (χ3n) is 2.09. The van der Waals surface area contributed by atoms with Gasteiger partial charge in [0.2, 0.25) is 0 Å². The first-order valence-electron chi connectivity index (χ1n) is 3.99. The fourth-order valence-electron chi connectivity index (χ4n) is 1.40. The Bertz CT molecular complexity index is 445. The van der Waals surface area contributed by atoms with Gasteiger partial charge in [0.1, 0.15) is 0 Å². The predicted octanol–water partition coefficient (Wildman–Crippen LogP) is -1.71. The van der Waals surface area contributed by atoms with Crippen LogP contribution in [0.3, 0.4) is 0 Å². The SMILES string of the molecule is Cc1nccc2c1CCS(=O)(=O)[N-]2.[Rb+]. The zero-order chi connectivity index (χ0) is 9.47. The maximum absolute atomic E-state index is 11.1. The second-order valence-corrected chi connectivity index (χ2v) is 4.78. The van der Waals surface area contributed by atoms with Crippen molar-refractivity contribution in [1.82, 2.24) is 4.98 Å². The molecule has 1 aromatic rings. The van der Waals surface area contributed by atoms with Crippen molar-refractivity contribution in [2.75, 3.05) is 5.75 Å². The summed E-state index contributed by atoms with van der Waals surface area (Å²) in [4.78, 5) is 4.09. The Labute approximate surface area is 132 Å². The van der Waals surface area contributed by atoms with E-state index in [0.29, 0.717) is 12.1 Å². The van der Waals surface area contributed by atoms with E-state index in [0.717, 1.165) is 11.3 Å². The first-order valence-corrected chi connectivity index (χ1v) is 5.59. The molecule has 0 saturated heterocycles. The minimum atomic E-state index is -3.22. The van der Waals surface area contributed by atoms with Gasteiger partial charge in [0.25, 0.3) is 0 Å². The van der Waals surface area contributed by atoms with E-state index in [1.807, 2.05) is 6.92 Å². The average molecular weight is 283 g/mol. The summed E-state index contributed by atoms with van der Waals surface area (Å²) in [7, 11) is -3.22. The van der Waals surface area contributed by atoms with Gasteiger partial charge in [-0.25, -0.2) is 8.42 Å². The van der Waals surface area contributed by atoms with Crippen molar-refractivity contribution in [3.05, 3.63) is 28.2 Å². The molecule has 0 fully saturated rings. The van der Waals surface area contributed by atoms with Crippen LogP contribution in [0.4, 0.5) is 5.69 Å². The summed E-state index contributed by atoms with van der Waals surface area (Å²) >= 11 is 0. The molecule has 2 heterocycles. The number of nitrogens with zero attached hydrogens (tertiary/aromatic N) is 2. The van der Waals surface area contributed by atoms with Gasteiger partial charge in [-0.2, -0.15) is 0 Å². The van der Waals surface area contributed by atoms with Crippen LogP contribution < -0.4 is 58.2 Å². The Balaban J connectivity index is 0.000000980. The van der Waals surface area contributed by atoms with Crippen molar-refractivity contribution in [1.29, 1.82) is 0 Å². The largest absolute Gasteiger partial charge is 1.00 e. The monoisotopic (exact) mass is 282 g/mol. The van der Waals surface area contributed by atoms with Gasteiger partial charge in [-0.1, -0.05) is 6.07 Å². The molecule has 0 radical (unpaired) electrons. The van der Waals surface area contributed by atoms with E-state index < -0.39 is 10.0 Å². The number of aryl methyl sites for hydroxylation is 1. The summed E-state index contributed by atoms with van der Waals surface area (Å²) in [6.07, 6.45) is 2.11. The molecular weight excluding hydrogens is 274 g/mol. The number of sulfonamides is 1. The Kier molecular flexibility index (Phi) is 4.28. The van der Waals surface area contributed by atoms with Gasteiger partial charge in [-0.15, -0.1) is 5.69 Å². The molecule has 6 heteroatoms. The zero-order valence-corrected chi connectivity index (χ0v) is 13.9. The molecule has 1 aliphatic heterocycles. The van der Waals surface area contributed by atoms with Crippen molar-refractivity contribution in [3.63, 3.8) is 0 Å². The van der Waals surface area contributed by atoms with Crippen LogP contribution in [0.15, 0.2) is 12.3 Å². The summed E-state index contributed by atoms with van der Waals surface area (Å²) in [5, 5.41) is 0. The number of fused-ring (bicyclic) bond motifs is 1. The summed E-state index contributed by atoms with van der Waals surface area (Å²) < 4.78 is 25.9. The molecule has 0 atom stereocenters. The predicted molar refractivity (Wildman–Crippen MR) is 49.5 cm³/mol. The first kappa shape index (κ1) is 12.8. The molecular formula is C8H9N2O2RbS. The number of hydrogen-bond acceptors (Lipinski definition) is 3. The summed E-state index contributed by atoms with van der Waals surface area (Å²) in [6.45, 7) is 1.87. The van der Waals surface area contributed by atoms with E-state index in [9.17, 15) is 8.42 Å². The Morgan fingerprint density at radius 3 is 2.93 bits per heavy atom. The second kappa shape index (κ2) is 4.70. The molecule has 0 aliphatic carbocycles. The van der Waals surface area contributed by atoms with Crippen LogP contribution in [0.5, 0.6) is 0 Å². The molecule has 14 heavy (non-hydrogen) atoms. The molecule has 0 amide bonds. The molecule has 4 nitrogen and oxygen atoms in total. The van der Waals surface area contributed by atoms with Gasteiger partial charge in [0, 0.05) is 17.6 Å². The molecule has 0 aromatic carbocycles. The normalized spacial score (nSPS) is 17.5. The Morgan fingerprint density at radius 1 is 1.50 bits per heavy atom. The number of rotatable bonds is 0. The van der Waals surface area contributed by atoms with Gasteiger partial charge in [-0.05, 0) is 18.9 Å². The van der Waals surface area contributed by atoms with E-state index >= 15 is 0 Å². The fraction of sp³-hybridized carbons (Fsp3) is 0.375. The maximum Gasteiger partial charge on any atom is 1.00 e. The van der Waals surface area contributed by atoms with Crippen LogP contribution in [0, 0.1) is 6.92 Å². The maximum atomic E-state index is 11.1. The number of pyridine rings is 1. The van der Waals surface area contributed by atoms with E-state index in [4.69, 9.17) is 0 Å². The second-order valence-electron chi connectivity index (χ2n) is 3.02. The summed E-state index contributed by atoms with van der Waals surface area (Å²) in [5.74, 6) is 0.104. The smallest absolute Gasteiger partial charge is 0.577 e. The van der Waals surface area contributed by atoms with Crippen molar-refractivity contribution in [2.24, 2.45) is 0 Å². The first-order chi connectivity index (χ1) is 6.08. The molecule has 0 spiro atoms. The summed E-state index contributed by atoms with van der Waals surface area (Å²) in [6, 6.07) is 1.64. The molecule has 2 rings (SSSR count). The molecule has 0 bridgehead atoms. The van der Waals surface area contributed by atoms with Crippen molar-refractivity contribution >= 4 is 15.7 Å². The van der Waals surface area contributed by atoms with Gasteiger partial charge in [-0.3, -0.25) is 4.98 Å². The molecule has 70 valence electrons. The third-order valence-corrected chi connectivity index (χ3v) is 3.29. The van der Waals surface area contributed by atoms with Gasteiger partial charge >= 0.3 is 58.2 Å². The van der Waals surface area contributed by atoms with Crippen molar-refractivity contribution < 1.29 is 66.6 Å². The van der Waals surface area contributed by atoms with E-state index in [2.05, 4.69) is 9.71 Å². The zero-order valence-electron chi connectivity index (χ0n) is 8.19. The molecule has 0 saturated carbocycles. The number of hydrogen-bond donors (Lipinski definition) is 0. The Hall–Kier alpha value is 0.705. The Morgan fingerprint density at radius 2 is 2.21 bits per heavy atom. The van der Waals surface area contributed by atoms with Crippen molar-refractivity contribution in [2.45, 2.75) is 13.3 Å². The van der Waals surface area contributed by atoms with Crippen molar-refractivity contribution in [3.8, 4) is 0 Å². The minimum Gasteiger partial charge on any atom is -0.577 e. The topological polar surface area (TPSA) is 61.1 Å². The van der Waals surface area contributed by atoms with E-state index in [1.165, 1.54) is 0 Å². The molecule has 1 aromatic heterocycles. The van der Waals surface area contributed by atoms with Crippen LogP contribution in [0.25, 0.3) is 4.72 Å². The minimum absolute atomic E-state index is 0. The quantitative estimate of drug-likeness (QED) is 0.569. The molecule has 0 unspecified atom stereocenters.